The molecule has 0 atom stereocenters. The van der Waals surface area contributed by atoms with Crippen LogP contribution in [0.4, 0.5) is 0 Å². The predicted molar refractivity (Wildman–Crippen MR) is 59.9 cm³/mol. The smallest absolute Gasteiger partial charge is 0.242 e. The third-order valence-corrected chi connectivity index (χ3v) is 2.59. The first kappa shape index (κ1) is 10.3. The van der Waals surface area contributed by atoms with E-state index in [2.05, 4.69) is 51.7 Å². The van der Waals surface area contributed by atoms with Crippen molar-refractivity contribution in [1.82, 2.24) is 0 Å². The van der Waals surface area contributed by atoms with Crippen molar-refractivity contribution in [2.24, 2.45) is 0 Å². The van der Waals surface area contributed by atoms with Crippen LogP contribution in [0.25, 0.3) is 0 Å². The molecule has 0 bridgehead atoms. The molecule has 0 fully saturated rings. The molecule has 0 heterocycles. The summed E-state index contributed by atoms with van der Waals surface area (Å²) in [6.45, 7) is 10.8. The maximum atomic E-state index is 5.95. The van der Waals surface area contributed by atoms with Crippen molar-refractivity contribution < 1.29 is 4.43 Å². The van der Waals surface area contributed by atoms with Crippen LogP contribution in [0, 0.1) is 13.8 Å². The lowest BCUT2D eigenvalue weighted by Crippen LogP contribution is -2.29. The lowest BCUT2D eigenvalue weighted by Gasteiger charge is -2.21. The zero-order chi connectivity index (χ0) is 10.1. The van der Waals surface area contributed by atoms with Crippen LogP contribution in [-0.4, -0.2) is 8.32 Å². The molecule has 0 amide bonds. The Morgan fingerprint density at radius 3 is 2.23 bits per heavy atom. The molecule has 0 aromatic heterocycles. The van der Waals surface area contributed by atoms with Gasteiger partial charge in [0, 0.05) is 0 Å². The first-order valence-electron chi connectivity index (χ1n) is 4.65. The van der Waals surface area contributed by atoms with Gasteiger partial charge in [-0.15, -0.1) is 0 Å². The summed E-state index contributed by atoms with van der Waals surface area (Å²) < 4.78 is 5.95. The van der Waals surface area contributed by atoms with Crippen molar-refractivity contribution in [1.29, 1.82) is 0 Å². The highest BCUT2D eigenvalue weighted by molar-refractivity contribution is 6.70. The van der Waals surface area contributed by atoms with Crippen molar-refractivity contribution in [3.05, 3.63) is 29.3 Å². The molecule has 0 spiro atoms. The largest absolute Gasteiger partial charge is 0.544 e. The molecule has 0 aliphatic rings. The summed E-state index contributed by atoms with van der Waals surface area (Å²) in [7, 11) is -1.45. The molecule has 1 aromatic carbocycles. The Morgan fingerprint density at radius 1 is 1.08 bits per heavy atom. The van der Waals surface area contributed by atoms with E-state index in [0.29, 0.717) is 0 Å². The molecule has 1 rings (SSSR count). The number of rotatable bonds is 2. The SMILES string of the molecule is Cc1ccc(C)c(O[Si](C)(C)C)c1. The van der Waals surface area contributed by atoms with Crippen LogP contribution >= 0.6 is 0 Å². The third-order valence-electron chi connectivity index (χ3n) is 1.76. The van der Waals surface area contributed by atoms with Gasteiger partial charge in [0.15, 0.2) is 0 Å². The molecule has 1 aromatic rings. The molecule has 2 heteroatoms. The molecule has 13 heavy (non-hydrogen) atoms. The molecule has 0 saturated carbocycles. The highest BCUT2D eigenvalue weighted by Crippen LogP contribution is 2.22. The Bertz CT molecular complexity index is 299. The van der Waals surface area contributed by atoms with E-state index in [9.17, 15) is 0 Å². The highest BCUT2D eigenvalue weighted by atomic mass is 28.4. The van der Waals surface area contributed by atoms with Gasteiger partial charge in [-0.05, 0) is 50.7 Å². The Labute approximate surface area is 81.9 Å². The third kappa shape index (κ3) is 3.23. The van der Waals surface area contributed by atoms with Gasteiger partial charge in [-0.3, -0.25) is 0 Å². The van der Waals surface area contributed by atoms with Crippen molar-refractivity contribution in [3.8, 4) is 5.75 Å². The summed E-state index contributed by atoms with van der Waals surface area (Å²) in [4.78, 5) is 0. The zero-order valence-electron chi connectivity index (χ0n) is 9.14. The van der Waals surface area contributed by atoms with Gasteiger partial charge in [-0.1, -0.05) is 12.1 Å². The molecule has 72 valence electrons. The average molecular weight is 194 g/mol. The summed E-state index contributed by atoms with van der Waals surface area (Å²) in [6, 6.07) is 6.35. The monoisotopic (exact) mass is 194 g/mol. The molecule has 0 saturated heterocycles. The van der Waals surface area contributed by atoms with E-state index in [1.54, 1.807) is 0 Å². The lowest BCUT2D eigenvalue weighted by atomic mass is 10.1. The van der Waals surface area contributed by atoms with E-state index < -0.39 is 8.32 Å². The summed E-state index contributed by atoms with van der Waals surface area (Å²) in [5.41, 5.74) is 2.49. The van der Waals surface area contributed by atoms with Crippen molar-refractivity contribution in [2.75, 3.05) is 0 Å². The topological polar surface area (TPSA) is 9.23 Å². The predicted octanol–water partition coefficient (Wildman–Crippen LogP) is 3.52. The minimum absolute atomic E-state index is 1.05. The van der Waals surface area contributed by atoms with Gasteiger partial charge < -0.3 is 4.43 Å². The van der Waals surface area contributed by atoms with E-state index in [0.717, 1.165) is 5.75 Å². The lowest BCUT2D eigenvalue weighted by molar-refractivity contribution is 0.552. The maximum Gasteiger partial charge on any atom is 0.242 e. The van der Waals surface area contributed by atoms with E-state index in [-0.39, 0.29) is 0 Å². The van der Waals surface area contributed by atoms with Crippen LogP contribution in [0.2, 0.25) is 19.6 Å². The van der Waals surface area contributed by atoms with E-state index in [4.69, 9.17) is 4.43 Å². The quantitative estimate of drug-likeness (QED) is 0.655. The minimum Gasteiger partial charge on any atom is -0.544 e. The number of hydrogen-bond acceptors (Lipinski definition) is 1. The van der Waals surface area contributed by atoms with Gasteiger partial charge in [0.05, 0.1) is 0 Å². The fourth-order valence-corrected chi connectivity index (χ4v) is 2.03. The molecule has 0 unspecified atom stereocenters. The molecular formula is C11H18OSi. The van der Waals surface area contributed by atoms with Crippen molar-refractivity contribution in [2.45, 2.75) is 33.5 Å². The first-order valence-corrected chi connectivity index (χ1v) is 8.05. The molecule has 0 N–H and O–H groups in total. The molecule has 0 radical (unpaired) electrons. The first-order chi connectivity index (χ1) is 5.88. The van der Waals surface area contributed by atoms with Gasteiger partial charge >= 0.3 is 0 Å². The standard InChI is InChI=1S/C11H18OSi/c1-9-6-7-10(2)11(8-9)12-13(3,4)5/h6-8H,1-5H3. The van der Waals surface area contributed by atoms with Gasteiger partial charge in [-0.2, -0.15) is 0 Å². The Balaban J connectivity index is 2.94. The normalized spacial score (nSPS) is 11.5. The van der Waals surface area contributed by atoms with E-state index >= 15 is 0 Å². The summed E-state index contributed by atoms with van der Waals surface area (Å²) in [5, 5.41) is 0. The van der Waals surface area contributed by atoms with Gasteiger partial charge in [0.2, 0.25) is 8.32 Å². The number of benzene rings is 1. The van der Waals surface area contributed by atoms with Crippen LogP contribution in [-0.2, 0) is 0 Å². The van der Waals surface area contributed by atoms with Crippen LogP contribution in [0.3, 0.4) is 0 Å². The van der Waals surface area contributed by atoms with Crippen LogP contribution in [0.15, 0.2) is 18.2 Å². The molecule has 1 nitrogen and oxygen atoms in total. The summed E-state index contributed by atoms with van der Waals surface area (Å²) in [5.74, 6) is 1.05. The fraction of sp³-hybridized carbons (Fsp3) is 0.455. The second-order valence-corrected chi connectivity index (χ2v) is 8.91. The molecule has 0 aliphatic carbocycles. The van der Waals surface area contributed by atoms with Crippen molar-refractivity contribution in [3.63, 3.8) is 0 Å². The van der Waals surface area contributed by atoms with E-state index in [1.807, 2.05) is 0 Å². The van der Waals surface area contributed by atoms with Gasteiger partial charge in [0.25, 0.3) is 0 Å². The average Bonchev–Trinajstić information content (AvgIpc) is 1.94. The second-order valence-electron chi connectivity index (χ2n) is 4.48. The van der Waals surface area contributed by atoms with Crippen LogP contribution in [0.5, 0.6) is 5.75 Å². The Kier molecular flexibility index (Phi) is 2.81. The maximum absolute atomic E-state index is 5.95. The van der Waals surface area contributed by atoms with Crippen LogP contribution < -0.4 is 4.43 Å². The summed E-state index contributed by atoms with van der Waals surface area (Å²) in [6.07, 6.45) is 0. The second kappa shape index (κ2) is 3.54. The number of aryl methyl sites for hydroxylation is 2. The van der Waals surface area contributed by atoms with Gasteiger partial charge in [0.1, 0.15) is 5.75 Å². The summed E-state index contributed by atoms with van der Waals surface area (Å²) >= 11 is 0. The Hall–Kier alpha value is -0.763. The molecular weight excluding hydrogens is 176 g/mol. The zero-order valence-corrected chi connectivity index (χ0v) is 10.1. The highest BCUT2D eigenvalue weighted by Gasteiger charge is 2.17. The van der Waals surface area contributed by atoms with E-state index in [1.165, 1.54) is 11.1 Å². The Morgan fingerprint density at radius 2 is 1.69 bits per heavy atom. The molecule has 0 aliphatic heterocycles. The number of hydrogen-bond donors (Lipinski definition) is 0. The fourth-order valence-electron chi connectivity index (χ4n) is 1.15. The van der Waals surface area contributed by atoms with Gasteiger partial charge in [-0.25, -0.2) is 0 Å². The van der Waals surface area contributed by atoms with Crippen LogP contribution in [0.1, 0.15) is 11.1 Å². The minimum atomic E-state index is -1.45. The van der Waals surface area contributed by atoms with Crippen molar-refractivity contribution >= 4 is 8.32 Å².